The zero-order valence-electron chi connectivity index (χ0n) is 7.71. The van der Waals surface area contributed by atoms with E-state index < -0.39 is 0 Å². The molecule has 0 aromatic heterocycles. The Balaban J connectivity index is 2.45. The molecule has 0 radical (unpaired) electrons. The number of carbonyl (C=O) groups is 1. The van der Waals surface area contributed by atoms with E-state index in [9.17, 15) is 4.79 Å². The first-order valence-electron chi connectivity index (χ1n) is 4.24. The smallest absolute Gasteiger partial charge is 0.162 e. The number of carbonyl (C=O) groups excluding carboxylic acids is 1. The third kappa shape index (κ3) is 2.62. The number of Topliss-reactive ketones (excluding diaryl/α,β-unsaturated/α-hetero) is 1. The molecule has 0 saturated heterocycles. The van der Waals surface area contributed by atoms with Gasteiger partial charge in [0.05, 0.1) is 0 Å². The summed E-state index contributed by atoms with van der Waals surface area (Å²) in [5.74, 6) is 0.277. The van der Waals surface area contributed by atoms with E-state index in [0.29, 0.717) is 6.42 Å². The fraction of sp³-hybridized carbons (Fsp3) is 0.500. The van der Waals surface area contributed by atoms with Gasteiger partial charge in [-0.2, -0.15) is 0 Å². The molecule has 0 saturated carbocycles. The summed E-state index contributed by atoms with van der Waals surface area (Å²) in [4.78, 5) is 13.4. The second-order valence-electron chi connectivity index (χ2n) is 3.30. The highest BCUT2D eigenvalue weighted by Gasteiger charge is 2.09. The molecule has 0 amide bonds. The van der Waals surface area contributed by atoms with Gasteiger partial charge in [0.1, 0.15) is 0 Å². The molecule has 2 heteroatoms. The Labute approximate surface area is 73.6 Å². The maximum absolute atomic E-state index is 11.3. The summed E-state index contributed by atoms with van der Waals surface area (Å²) in [6.07, 6.45) is 7.25. The van der Waals surface area contributed by atoms with E-state index in [0.717, 1.165) is 18.5 Å². The van der Waals surface area contributed by atoms with Gasteiger partial charge in [0, 0.05) is 13.0 Å². The van der Waals surface area contributed by atoms with Crippen molar-refractivity contribution in [3.63, 3.8) is 0 Å². The van der Waals surface area contributed by atoms with E-state index in [1.165, 1.54) is 0 Å². The normalized spacial score (nSPS) is 16.9. The van der Waals surface area contributed by atoms with Crippen molar-refractivity contribution < 1.29 is 4.79 Å². The minimum absolute atomic E-state index is 0.277. The van der Waals surface area contributed by atoms with Gasteiger partial charge in [-0.1, -0.05) is 18.2 Å². The fourth-order valence-corrected chi connectivity index (χ4v) is 1.15. The molecular formula is C10H15NO. The summed E-state index contributed by atoms with van der Waals surface area (Å²) in [6.45, 7) is 0.950. The van der Waals surface area contributed by atoms with Crippen LogP contribution in [0.3, 0.4) is 0 Å². The van der Waals surface area contributed by atoms with Crippen LogP contribution in [0, 0.1) is 0 Å². The monoisotopic (exact) mass is 165 g/mol. The largest absolute Gasteiger partial charge is 0.309 e. The van der Waals surface area contributed by atoms with Crippen molar-refractivity contribution in [2.24, 2.45) is 0 Å². The van der Waals surface area contributed by atoms with Crippen molar-refractivity contribution in [2.75, 3.05) is 20.6 Å². The summed E-state index contributed by atoms with van der Waals surface area (Å²) in [6, 6.07) is 0. The second-order valence-corrected chi connectivity index (χ2v) is 3.30. The average Bonchev–Trinajstić information content (AvgIpc) is 2.03. The van der Waals surface area contributed by atoms with Gasteiger partial charge < -0.3 is 4.90 Å². The predicted molar refractivity (Wildman–Crippen MR) is 50.0 cm³/mol. The maximum Gasteiger partial charge on any atom is 0.162 e. The first kappa shape index (κ1) is 9.20. The van der Waals surface area contributed by atoms with Crippen LogP contribution in [0.25, 0.3) is 0 Å². The second kappa shape index (κ2) is 4.21. The third-order valence-corrected chi connectivity index (χ3v) is 1.92. The van der Waals surface area contributed by atoms with E-state index >= 15 is 0 Å². The van der Waals surface area contributed by atoms with Gasteiger partial charge in [0.2, 0.25) is 0 Å². The molecule has 0 aromatic carbocycles. The first-order valence-corrected chi connectivity index (χ1v) is 4.24. The van der Waals surface area contributed by atoms with E-state index in [1.54, 1.807) is 0 Å². The molecule has 0 N–H and O–H groups in total. The van der Waals surface area contributed by atoms with Crippen molar-refractivity contribution >= 4 is 5.78 Å². The van der Waals surface area contributed by atoms with Gasteiger partial charge in [-0.3, -0.25) is 4.79 Å². The Bertz CT molecular complexity index is 226. The number of ketones is 1. The first-order chi connectivity index (χ1) is 5.70. The van der Waals surface area contributed by atoms with Crippen LogP contribution in [0.15, 0.2) is 23.8 Å². The van der Waals surface area contributed by atoms with Crippen LogP contribution in [0.1, 0.15) is 12.8 Å². The summed E-state index contributed by atoms with van der Waals surface area (Å²) in [5.41, 5.74) is 0.964. The van der Waals surface area contributed by atoms with Crippen LogP contribution >= 0.6 is 0 Å². The van der Waals surface area contributed by atoms with Crippen LogP contribution in [-0.2, 0) is 4.79 Å². The highest BCUT2D eigenvalue weighted by molar-refractivity contribution is 5.97. The predicted octanol–water partition coefficient (Wildman–Crippen LogP) is 1.39. The van der Waals surface area contributed by atoms with Crippen molar-refractivity contribution in [3.05, 3.63) is 23.8 Å². The van der Waals surface area contributed by atoms with Crippen LogP contribution < -0.4 is 0 Å². The lowest BCUT2D eigenvalue weighted by molar-refractivity contribution is -0.115. The number of rotatable bonds is 3. The molecule has 0 aromatic rings. The van der Waals surface area contributed by atoms with Gasteiger partial charge in [-0.05, 0) is 26.1 Å². The summed E-state index contributed by atoms with van der Waals surface area (Å²) in [7, 11) is 4.04. The van der Waals surface area contributed by atoms with Crippen LogP contribution in [0.2, 0.25) is 0 Å². The van der Waals surface area contributed by atoms with Crippen molar-refractivity contribution in [1.82, 2.24) is 4.90 Å². The Morgan fingerprint density at radius 3 is 2.83 bits per heavy atom. The molecule has 66 valence electrons. The Hall–Kier alpha value is -0.890. The van der Waals surface area contributed by atoms with Crippen LogP contribution in [0.5, 0.6) is 0 Å². The molecule has 0 fully saturated rings. The molecule has 0 atom stereocenters. The zero-order chi connectivity index (χ0) is 8.97. The Morgan fingerprint density at radius 2 is 2.25 bits per heavy atom. The van der Waals surface area contributed by atoms with E-state index in [4.69, 9.17) is 0 Å². The minimum Gasteiger partial charge on any atom is -0.309 e. The van der Waals surface area contributed by atoms with Gasteiger partial charge in [-0.15, -0.1) is 0 Å². The lowest BCUT2D eigenvalue weighted by atomic mass is 10.0. The molecular weight excluding hydrogens is 150 g/mol. The quantitative estimate of drug-likeness (QED) is 0.630. The molecule has 0 unspecified atom stereocenters. The van der Waals surface area contributed by atoms with Crippen molar-refractivity contribution in [3.8, 4) is 0 Å². The van der Waals surface area contributed by atoms with Crippen LogP contribution in [-0.4, -0.2) is 31.3 Å². The molecule has 2 nitrogen and oxygen atoms in total. The van der Waals surface area contributed by atoms with E-state index in [1.807, 2.05) is 32.3 Å². The standard InChI is InChI=1S/C10H15NO/c1-11(2)8-7-9-5-3-4-6-10(9)12/h3-5H,6-8H2,1-2H3. The highest BCUT2D eigenvalue weighted by atomic mass is 16.1. The fourth-order valence-electron chi connectivity index (χ4n) is 1.15. The van der Waals surface area contributed by atoms with Crippen molar-refractivity contribution in [1.29, 1.82) is 0 Å². The summed E-state index contributed by atoms with van der Waals surface area (Å²) >= 11 is 0. The summed E-state index contributed by atoms with van der Waals surface area (Å²) in [5, 5.41) is 0. The minimum atomic E-state index is 0.277. The summed E-state index contributed by atoms with van der Waals surface area (Å²) < 4.78 is 0. The van der Waals surface area contributed by atoms with E-state index in [2.05, 4.69) is 4.90 Å². The number of hydrogen-bond donors (Lipinski definition) is 0. The number of allylic oxidation sites excluding steroid dienone is 3. The molecule has 0 heterocycles. The van der Waals surface area contributed by atoms with Gasteiger partial charge in [0.25, 0.3) is 0 Å². The highest BCUT2D eigenvalue weighted by Crippen LogP contribution is 2.11. The lowest BCUT2D eigenvalue weighted by Crippen LogP contribution is -2.16. The van der Waals surface area contributed by atoms with Gasteiger partial charge in [0.15, 0.2) is 5.78 Å². The zero-order valence-corrected chi connectivity index (χ0v) is 7.71. The molecule has 0 aliphatic heterocycles. The molecule has 0 spiro atoms. The lowest BCUT2D eigenvalue weighted by Gasteiger charge is -2.11. The maximum atomic E-state index is 11.3. The number of hydrogen-bond acceptors (Lipinski definition) is 2. The molecule has 1 aliphatic carbocycles. The van der Waals surface area contributed by atoms with Gasteiger partial charge >= 0.3 is 0 Å². The molecule has 0 bridgehead atoms. The third-order valence-electron chi connectivity index (χ3n) is 1.92. The molecule has 12 heavy (non-hydrogen) atoms. The number of nitrogens with zero attached hydrogens (tertiary/aromatic N) is 1. The van der Waals surface area contributed by atoms with Crippen molar-refractivity contribution in [2.45, 2.75) is 12.8 Å². The van der Waals surface area contributed by atoms with Gasteiger partial charge in [-0.25, -0.2) is 0 Å². The average molecular weight is 165 g/mol. The van der Waals surface area contributed by atoms with Crippen LogP contribution in [0.4, 0.5) is 0 Å². The molecule has 1 aliphatic rings. The SMILES string of the molecule is CN(C)CCC1=CC=CCC1=O. The Morgan fingerprint density at radius 1 is 1.50 bits per heavy atom. The Kier molecular flexibility index (Phi) is 3.23. The van der Waals surface area contributed by atoms with E-state index in [-0.39, 0.29) is 5.78 Å². The topological polar surface area (TPSA) is 20.3 Å². The molecule has 1 rings (SSSR count).